The van der Waals surface area contributed by atoms with Crippen molar-refractivity contribution in [1.29, 1.82) is 0 Å². The number of nitrogens with one attached hydrogen (secondary N) is 1. The first-order valence-electron chi connectivity index (χ1n) is 11.4. The standard InChI is InChI=1S/C23H31N5O2/c29-22-8-5-17(14-24-22)15-26-9-11-27(12-10-26)19-6-7-20-21(13-19)25-16-28(23(20)30)18-3-1-2-4-18/h6-7,13,16-18H,1-5,8-12,14-15H2,(H,24,29). The van der Waals surface area contributed by atoms with Gasteiger partial charge < -0.3 is 10.2 Å². The highest BCUT2D eigenvalue weighted by atomic mass is 16.1. The third-order valence-electron chi connectivity index (χ3n) is 7.11. The summed E-state index contributed by atoms with van der Waals surface area (Å²) in [5.74, 6) is 0.761. The van der Waals surface area contributed by atoms with Gasteiger partial charge in [-0.15, -0.1) is 0 Å². The van der Waals surface area contributed by atoms with Gasteiger partial charge in [-0.05, 0) is 43.4 Å². The van der Waals surface area contributed by atoms with E-state index in [2.05, 4.69) is 32.2 Å². The van der Waals surface area contributed by atoms with Gasteiger partial charge in [-0.2, -0.15) is 0 Å². The number of anilines is 1. The van der Waals surface area contributed by atoms with Crippen LogP contribution < -0.4 is 15.8 Å². The maximum absolute atomic E-state index is 12.9. The Morgan fingerprint density at radius 1 is 1.03 bits per heavy atom. The number of piperidine rings is 1. The van der Waals surface area contributed by atoms with E-state index in [1.165, 1.54) is 12.8 Å². The van der Waals surface area contributed by atoms with Crippen LogP contribution in [0.2, 0.25) is 0 Å². The van der Waals surface area contributed by atoms with E-state index in [0.29, 0.717) is 18.4 Å². The average molecular weight is 410 g/mol. The highest BCUT2D eigenvalue weighted by Gasteiger charge is 2.24. The third-order valence-corrected chi connectivity index (χ3v) is 7.11. The van der Waals surface area contributed by atoms with E-state index in [1.807, 2.05) is 10.6 Å². The van der Waals surface area contributed by atoms with Gasteiger partial charge in [0, 0.05) is 57.4 Å². The lowest BCUT2D eigenvalue weighted by molar-refractivity contribution is -0.123. The van der Waals surface area contributed by atoms with Crippen LogP contribution in [0, 0.1) is 5.92 Å². The Morgan fingerprint density at radius 2 is 1.83 bits per heavy atom. The number of carbonyl (C=O) groups excluding carboxylic acids is 1. The molecule has 3 fully saturated rings. The molecule has 30 heavy (non-hydrogen) atoms. The zero-order valence-electron chi connectivity index (χ0n) is 17.6. The van der Waals surface area contributed by atoms with Gasteiger partial charge in [0.25, 0.3) is 5.56 Å². The van der Waals surface area contributed by atoms with Crippen LogP contribution in [-0.4, -0.2) is 59.6 Å². The Balaban J connectivity index is 1.24. The normalized spacial score (nSPS) is 23.8. The number of aromatic nitrogens is 2. The maximum Gasteiger partial charge on any atom is 0.261 e. The number of nitrogens with zero attached hydrogens (tertiary/aromatic N) is 4. The van der Waals surface area contributed by atoms with E-state index >= 15 is 0 Å². The molecular weight excluding hydrogens is 378 g/mol. The van der Waals surface area contributed by atoms with E-state index in [-0.39, 0.29) is 11.5 Å². The lowest BCUT2D eigenvalue weighted by atomic mass is 9.98. The highest BCUT2D eigenvalue weighted by molar-refractivity contribution is 5.81. The predicted octanol–water partition coefficient (Wildman–Crippen LogP) is 2.16. The minimum absolute atomic E-state index is 0.0999. The summed E-state index contributed by atoms with van der Waals surface area (Å²) >= 11 is 0. The molecule has 7 heteroatoms. The zero-order chi connectivity index (χ0) is 20.5. The van der Waals surface area contributed by atoms with Crippen LogP contribution in [0.1, 0.15) is 44.6 Å². The fourth-order valence-electron chi connectivity index (χ4n) is 5.26. The van der Waals surface area contributed by atoms with Gasteiger partial charge in [-0.1, -0.05) is 12.8 Å². The topological polar surface area (TPSA) is 70.5 Å². The quantitative estimate of drug-likeness (QED) is 0.838. The molecule has 1 unspecified atom stereocenters. The summed E-state index contributed by atoms with van der Waals surface area (Å²) in [6.07, 6.45) is 8.00. The number of rotatable bonds is 4. The van der Waals surface area contributed by atoms with E-state index in [1.54, 1.807) is 6.33 Å². The predicted molar refractivity (Wildman–Crippen MR) is 118 cm³/mol. The molecule has 5 rings (SSSR count). The second kappa shape index (κ2) is 8.38. The van der Waals surface area contributed by atoms with Crippen molar-refractivity contribution in [3.63, 3.8) is 0 Å². The molecule has 1 aliphatic carbocycles. The lowest BCUT2D eigenvalue weighted by Crippen LogP contribution is -2.49. The number of benzene rings is 1. The second-order valence-electron chi connectivity index (χ2n) is 9.09. The molecule has 1 N–H and O–H groups in total. The number of hydrogen-bond acceptors (Lipinski definition) is 5. The highest BCUT2D eigenvalue weighted by Crippen LogP contribution is 2.29. The first kappa shape index (κ1) is 19.5. The summed E-state index contributed by atoms with van der Waals surface area (Å²) in [5.41, 5.74) is 2.05. The van der Waals surface area contributed by atoms with Gasteiger partial charge in [-0.25, -0.2) is 4.98 Å². The van der Waals surface area contributed by atoms with Crippen LogP contribution in [-0.2, 0) is 4.79 Å². The number of amides is 1. The maximum atomic E-state index is 12.9. The molecule has 3 aliphatic rings. The monoisotopic (exact) mass is 409 g/mol. The summed E-state index contributed by atoms with van der Waals surface area (Å²) < 4.78 is 1.85. The molecule has 160 valence electrons. The van der Waals surface area contributed by atoms with Crippen molar-refractivity contribution in [2.75, 3.05) is 44.2 Å². The average Bonchev–Trinajstić information content (AvgIpc) is 3.31. The van der Waals surface area contributed by atoms with Gasteiger partial charge in [0.15, 0.2) is 0 Å². The van der Waals surface area contributed by atoms with Crippen LogP contribution in [0.3, 0.4) is 0 Å². The van der Waals surface area contributed by atoms with Gasteiger partial charge in [-0.3, -0.25) is 19.1 Å². The molecule has 0 spiro atoms. The lowest BCUT2D eigenvalue weighted by Gasteiger charge is -2.38. The molecule has 0 radical (unpaired) electrons. The first-order chi connectivity index (χ1) is 14.7. The van der Waals surface area contributed by atoms with Crippen LogP contribution in [0.4, 0.5) is 5.69 Å². The van der Waals surface area contributed by atoms with Gasteiger partial charge >= 0.3 is 0 Å². The molecule has 1 saturated carbocycles. The van der Waals surface area contributed by atoms with Gasteiger partial charge in [0.05, 0.1) is 17.2 Å². The Bertz CT molecular complexity index is 963. The van der Waals surface area contributed by atoms with Gasteiger partial charge in [0.2, 0.25) is 5.91 Å². The second-order valence-corrected chi connectivity index (χ2v) is 9.09. The SMILES string of the molecule is O=C1CCC(CN2CCN(c3ccc4c(=O)n(C5CCCC5)cnc4c3)CC2)CN1. The summed E-state index contributed by atoms with van der Waals surface area (Å²) in [5, 5.41) is 3.72. The zero-order valence-corrected chi connectivity index (χ0v) is 17.6. The summed E-state index contributed by atoms with van der Waals surface area (Å²) in [6, 6.07) is 6.43. The molecule has 0 bridgehead atoms. The summed E-state index contributed by atoms with van der Waals surface area (Å²) in [6.45, 7) is 5.88. The van der Waals surface area contributed by atoms with Crippen LogP contribution in [0.5, 0.6) is 0 Å². The molecule has 2 aliphatic heterocycles. The van der Waals surface area contributed by atoms with E-state index in [0.717, 1.165) is 75.1 Å². The largest absolute Gasteiger partial charge is 0.369 e. The number of fused-ring (bicyclic) bond motifs is 1. The molecule has 2 aromatic rings. The van der Waals surface area contributed by atoms with Crippen molar-refractivity contribution in [1.82, 2.24) is 19.8 Å². The van der Waals surface area contributed by atoms with E-state index in [9.17, 15) is 9.59 Å². The van der Waals surface area contributed by atoms with Crippen LogP contribution in [0.25, 0.3) is 10.9 Å². The molecule has 3 heterocycles. The fraction of sp³-hybridized carbons (Fsp3) is 0.609. The molecule has 7 nitrogen and oxygen atoms in total. The first-order valence-corrected chi connectivity index (χ1v) is 11.4. The van der Waals surface area contributed by atoms with Crippen molar-refractivity contribution in [2.24, 2.45) is 5.92 Å². The Kier molecular flexibility index (Phi) is 5.46. The molecule has 1 aromatic carbocycles. The number of hydrogen-bond donors (Lipinski definition) is 1. The van der Waals surface area contributed by atoms with Crippen molar-refractivity contribution in [3.05, 3.63) is 34.9 Å². The minimum atomic E-state index is 0.0999. The molecule has 1 amide bonds. The smallest absolute Gasteiger partial charge is 0.261 e. The van der Waals surface area contributed by atoms with E-state index in [4.69, 9.17) is 0 Å². The Morgan fingerprint density at radius 3 is 2.57 bits per heavy atom. The van der Waals surface area contributed by atoms with Crippen molar-refractivity contribution < 1.29 is 4.79 Å². The minimum Gasteiger partial charge on any atom is -0.369 e. The Labute approximate surface area is 177 Å². The Hall–Kier alpha value is -2.41. The molecular formula is C23H31N5O2. The van der Waals surface area contributed by atoms with Crippen molar-refractivity contribution >= 4 is 22.5 Å². The van der Waals surface area contributed by atoms with Crippen LogP contribution in [0.15, 0.2) is 29.3 Å². The van der Waals surface area contributed by atoms with Crippen molar-refractivity contribution in [2.45, 2.75) is 44.6 Å². The van der Waals surface area contributed by atoms with Gasteiger partial charge in [0.1, 0.15) is 0 Å². The number of carbonyl (C=O) groups is 1. The molecule has 1 aromatic heterocycles. The molecule has 1 atom stereocenters. The fourth-order valence-corrected chi connectivity index (χ4v) is 5.26. The molecule has 2 saturated heterocycles. The van der Waals surface area contributed by atoms with Crippen LogP contribution >= 0.6 is 0 Å². The van der Waals surface area contributed by atoms with Crippen molar-refractivity contribution in [3.8, 4) is 0 Å². The third kappa shape index (κ3) is 3.95. The van der Waals surface area contributed by atoms with E-state index < -0.39 is 0 Å². The number of piperazine rings is 1. The summed E-state index contributed by atoms with van der Waals surface area (Å²) in [4.78, 5) is 33.8. The summed E-state index contributed by atoms with van der Waals surface area (Å²) in [7, 11) is 0.